The molecular formula is C17H16Cl2N2O3. The van der Waals surface area contributed by atoms with Crippen molar-refractivity contribution in [2.75, 3.05) is 17.7 Å². The lowest BCUT2D eigenvalue weighted by atomic mass is 10.2. The van der Waals surface area contributed by atoms with Gasteiger partial charge in [-0.05, 0) is 49.4 Å². The average molecular weight is 367 g/mol. The number of rotatable bonds is 5. The number of nitrogens with one attached hydrogen (secondary N) is 2. The van der Waals surface area contributed by atoms with Crippen LogP contribution in [-0.2, 0) is 9.53 Å². The van der Waals surface area contributed by atoms with Gasteiger partial charge in [-0.2, -0.15) is 0 Å². The van der Waals surface area contributed by atoms with Gasteiger partial charge in [-0.15, -0.1) is 0 Å². The van der Waals surface area contributed by atoms with Crippen LogP contribution < -0.4 is 10.6 Å². The highest BCUT2D eigenvalue weighted by atomic mass is 35.5. The molecule has 2 aromatic carbocycles. The second-order valence-electron chi connectivity index (χ2n) is 5.05. The molecule has 2 aromatic rings. The van der Waals surface area contributed by atoms with Gasteiger partial charge in [0.2, 0.25) is 5.91 Å². The summed E-state index contributed by atoms with van der Waals surface area (Å²) in [5, 5.41) is 6.64. The Morgan fingerprint density at radius 3 is 2.38 bits per heavy atom. The van der Waals surface area contributed by atoms with Gasteiger partial charge >= 0.3 is 5.97 Å². The smallest absolute Gasteiger partial charge is 0.337 e. The van der Waals surface area contributed by atoms with Gasteiger partial charge in [-0.3, -0.25) is 4.79 Å². The predicted molar refractivity (Wildman–Crippen MR) is 96.0 cm³/mol. The van der Waals surface area contributed by atoms with E-state index in [0.717, 1.165) is 0 Å². The molecule has 0 bridgehead atoms. The monoisotopic (exact) mass is 366 g/mol. The molecule has 0 fully saturated rings. The lowest BCUT2D eigenvalue weighted by molar-refractivity contribution is -0.116. The number of benzene rings is 2. The zero-order valence-electron chi connectivity index (χ0n) is 13.1. The third-order valence-corrected chi connectivity index (χ3v) is 3.83. The summed E-state index contributed by atoms with van der Waals surface area (Å²) in [7, 11) is 1.32. The maximum atomic E-state index is 12.3. The number of halogens is 2. The summed E-state index contributed by atoms with van der Waals surface area (Å²) in [4.78, 5) is 23.6. The Bertz CT molecular complexity index is 748. The van der Waals surface area contributed by atoms with Crippen molar-refractivity contribution < 1.29 is 14.3 Å². The van der Waals surface area contributed by atoms with E-state index >= 15 is 0 Å². The Morgan fingerprint density at radius 2 is 1.75 bits per heavy atom. The van der Waals surface area contributed by atoms with Crippen molar-refractivity contribution in [3.63, 3.8) is 0 Å². The van der Waals surface area contributed by atoms with E-state index in [1.807, 2.05) is 0 Å². The third kappa shape index (κ3) is 4.63. The topological polar surface area (TPSA) is 67.4 Å². The zero-order chi connectivity index (χ0) is 17.7. The second kappa shape index (κ2) is 8.04. The number of amides is 1. The minimum Gasteiger partial charge on any atom is -0.465 e. The first-order chi connectivity index (χ1) is 11.4. The van der Waals surface area contributed by atoms with Crippen LogP contribution in [-0.4, -0.2) is 25.0 Å². The van der Waals surface area contributed by atoms with E-state index in [9.17, 15) is 9.59 Å². The Labute approximate surface area is 149 Å². The summed E-state index contributed by atoms with van der Waals surface area (Å²) < 4.78 is 4.64. The van der Waals surface area contributed by atoms with Gasteiger partial charge in [-0.25, -0.2) is 4.79 Å². The fourth-order valence-electron chi connectivity index (χ4n) is 1.97. The lowest BCUT2D eigenvalue weighted by Crippen LogP contribution is -2.31. The molecule has 0 heterocycles. The predicted octanol–water partition coefficient (Wildman–Crippen LogP) is 4.22. The molecule has 0 unspecified atom stereocenters. The van der Waals surface area contributed by atoms with Crippen molar-refractivity contribution in [1.29, 1.82) is 0 Å². The van der Waals surface area contributed by atoms with E-state index < -0.39 is 12.0 Å². The minimum atomic E-state index is -0.524. The average Bonchev–Trinajstić information content (AvgIpc) is 2.58. The van der Waals surface area contributed by atoms with E-state index in [0.29, 0.717) is 27.0 Å². The van der Waals surface area contributed by atoms with Crippen LogP contribution in [0.4, 0.5) is 11.4 Å². The van der Waals surface area contributed by atoms with Crippen LogP contribution >= 0.6 is 23.2 Å². The number of anilines is 2. The van der Waals surface area contributed by atoms with Crippen molar-refractivity contribution in [1.82, 2.24) is 0 Å². The van der Waals surface area contributed by atoms with Crippen molar-refractivity contribution in [3.8, 4) is 0 Å². The highest BCUT2D eigenvalue weighted by molar-refractivity contribution is 6.35. The number of hydrogen-bond donors (Lipinski definition) is 2. The van der Waals surface area contributed by atoms with Crippen LogP contribution in [0.5, 0.6) is 0 Å². The SMILES string of the molecule is COC(=O)c1ccc(N[C@@H](C)C(=O)Nc2cc(Cl)ccc2Cl)cc1. The maximum absolute atomic E-state index is 12.3. The number of carbonyl (C=O) groups is 2. The summed E-state index contributed by atoms with van der Waals surface area (Å²) >= 11 is 11.9. The number of esters is 1. The van der Waals surface area contributed by atoms with Gasteiger partial charge in [0.05, 0.1) is 23.4 Å². The first-order valence-electron chi connectivity index (χ1n) is 7.11. The number of carbonyl (C=O) groups excluding carboxylic acids is 2. The van der Waals surface area contributed by atoms with Crippen LogP contribution in [0.2, 0.25) is 10.0 Å². The molecule has 0 aromatic heterocycles. The van der Waals surface area contributed by atoms with Crippen LogP contribution in [0.3, 0.4) is 0 Å². The fraction of sp³-hybridized carbons (Fsp3) is 0.176. The second-order valence-corrected chi connectivity index (χ2v) is 5.89. The van der Waals surface area contributed by atoms with E-state index in [2.05, 4.69) is 15.4 Å². The van der Waals surface area contributed by atoms with Gasteiger partial charge in [0.1, 0.15) is 6.04 Å². The molecular weight excluding hydrogens is 351 g/mol. The Hall–Kier alpha value is -2.24. The van der Waals surface area contributed by atoms with Crippen molar-refractivity contribution in [3.05, 3.63) is 58.1 Å². The van der Waals surface area contributed by atoms with E-state index in [1.54, 1.807) is 49.4 Å². The molecule has 0 aliphatic heterocycles. The molecule has 0 spiro atoms. The van der Waals surface area contributed by atoms with Crippen LogP contribution in [0, 0.1) is 0 Å². The van der Waals surface area contributed by atoms with E-state index in [4.69, 9.17) is 23.2 Å². The van der Waals surface area contributed by atoms with Crippen molar-refractivity contribution in [2.45, 2.75) is 13.0 Å². The molecule has 126 valence electrons. The van der Waals surface area contributed by atoms with Gasteiger partial charge in [0, 0.05) is 10.7 Å². The van der Waals surface area contributed by atoms with E-state index in [-0.39, 0.29) is 5.91 Å². The molecule has 0 radical (unpaired) electrons. The summed E-state index contributed by atoms with van der Waals surface area (Å²) in [6.45, 7) is 1.71. The summed E-state index contributed by atoms with van der Waals surface area (Å²) in [6, 6.07) is 10.9. The Kier molecular flexibility index (Phi) is 6.06. The number of hydrogen-bond acceptors (Lipinski definition) is 4. The first kappa shape index (κ1) is 18.1. The molecule has 1 atom stereocenters. The quantitative estimate of drug-likeness (QED) is 0.777. The van der Waals surface area contributed by atoms with Crippen LogP contribution in [0.25, 0.3) is 0 Å². The molecule has 5 nitrogen and oxygen atoms in total. The van der Waals surface area contributed by atoms with Gasteiger partial charge < -0.3 is 15.4 Å². The van der Waals surface area contributed by atoms with Crippen molar-refractivity contribution in [2.24, 2.45) is 0 Å². The number of ether oxygens (including phenoxy) is 1. The highest BCUT2D eigenvalue weighted by Gasteiger charge is 2.15. The van der Waals surface area contributed by atoms with Gasteiger partial charge in [0.25, 0.3) is 0 Å². The molecule has 2 N–H and O–H groups in total. The number of methoxy groups -OCH3 is 1. The summed E-state index contributed by atoms with van der Waals surface area (Å²) in [6.07, 6.45) is 0. The highest BCUT2D eigenvalue weighted by Crippen LogP contribution is 2.25. The maximum Gasteiger partial charge on any atom is 0.337 e. The molecule has 2 rings (SSSR count). The molecule has 0 saturated carbocycles. The molecule has 0 aliphatic carbocycles. The molecule has 1 amide bonds. The lowest BCUT2D eigenvalue weighted by Gasteiger charge is -2.16. The third-order valence-electron chi connectivity index (χ3n) is 3.27. The van der Waals surface area contributed by atoms with E-state index in [1.165, 1.54) is 7.11 Å². The summed E-state index contributed by atoms with van der Waals surface area (Å²) in [5.74, 6) is -0.681. The molecule has 0 aliphatic rings. The van der Waals surface area contributed by atoms with Gasteiger partial charge in [0.15, 0.2) is 0 Å². The van der Waals surface area contributed by atoms with Crippen LogP contribution in [0.1, 0.15) is 17.3 Å². The fourth-order valence-corrected chi connectivity index (χ4v) is 2.31. The first-order valence-corrected chi connectivity index (χ1v) is 7.87. The normalized spacial score (nSPS) is 11.5. The minimum absolute atomic E-state index is 0.267. The molecule has 0 saturated heterocycles. The standard InChI is InChI=1S/C17H16Cl2N2O3/c1-10(16(22)21-15-9-12(18)5-8-14(15)19)20-13-6-3-11(4-7-13)17(23)24-2/h3-10,20H,1-2H3,(H,21,22)/t10-/m0/s1. The zero-order valence-corrected chi connectivity index (χ0v) is 14.6. The largest absolute Gasteiger partial charge is 0.465 e. The van der Waals surface area contributed by atoms with Gasteiger partial charge in [-0.1, -0.05) is 23.2 Å². The van der Waals surface area contributed by atoms with Crippen molar-refractivity contribution >= 4 is 46.5 Å². The Morgan fingerprint density at radius 1 is 1.08 bits per heavy atom. The molecule has 7 heteroatoms. The summed E-state index contributed by atoms with van der Waals surface area (Å²) in [5.41, 5.74) is 1.58. The Balaban J connectivity index is 2.01. The van der Waals surface area contributed by atoms with Crippen LogP contribution in [0.15, 0.2) is 42.5 Å². The molecule has 24 heavy (non-hydrogen) atoms.